The minimum absolute atomic E-state index is 0.0242. The maximum absolute atomic E-state index is 12.4. The Morgan fingerprint density at radius 3 is 2.55 bits per heavy atom. The van der Waals surface area contributed by atoms with Gasteiger partial charge in [0.05, 0.1) is 10.6 Å². The first kappa shape index (κ1) is 18.7. The Morgan fingerprint density at radius 1 is 1.41 bits per heavy atom. The van der Waals surface area contributed by atoms with E-state index in [1.54, 1.807) is 6.92 Å². The summed E-state index contributed by atoms with van der Waals surface area (Å²) in [6.07, 6.45) is -4.23. The molecule has 5 nitrogen and oxygen atoms in total. The highest BCUT2D eigenvalue weighted by Crippen LogP contribution is 2.29. The summed E-state index contributed by atoms with van der Waals surface area (Å²) in [5.41, 5.74) is -1.93. The molecule has 0 fully saturated rings. The van der Waals surface area contributed by atoms with Crippen LogP contribution >= 0.6 is 11.3 Å². The summed E-state index contributed by atoms with van der Waals surface area (Å²) < 4.78 is 37.1. The Balaban J connectivity index is 2.32. The van der Waals surface area contributed by atoms with E-state index >= 15 is 0 Å². The van der Waals surface area contributed by atoms with E-state index in [2.05, 4.69) is 15.6 Å². The van der Waals surface area contributed by atoms with Crippen LogP contribution in [0.25, 0.3) is 0 Å². The van der Waals surface area contributed by atoms with Gasteiger partial charge in [0.25, 0.3) is 0 Å². The van der Waals surface area contributed by atoms with Gasteiger partial charge in [0.1, 0.15) is 0 Å². The topological polar surface area (TPSA) is 74.2 Å². The molecule has 1 aromatic heterocycles. The van der Waals surface area contributed by atoms with Crippen LogP contribution in [0, 0.1) is 5.92 Å². The summed E-state index contributed by atoms with van der Waals surface area (Å²) in [5, 5.41) is 16.3. The molecular formula is C13H20F3N3O2S. The molecule has 0 bridgehead atoms. The SMILES string of the molecule is CC(C)C(C)(O)CNC(=O)NCCc1nc(C(F)(F)F)cs1. The highest BCUT2D eigenvalue weighted by atomic mass is 32.1. The van der Waals surface area contributed by atoms with Crippen molar-refractivity contribution < 1.29 is 23.1 Å². The summed E-state index contributed by atoms with van der Waals surface area (Å²) in [7, 11) is 0. The Morgan fingerprint density at radius 2 is 2.05 bits per heavy atom. The summed E-state index contributed by atoms with van der Waals surface area (Å²) >= 11 is 0.907. The molecule has 0 aliphatic rings. The van der Waals surface area contributed by atoms with Crippen molar-refractivity contribution in [2.75, 3.05) is 13.1 Å². The van der Waals surface area contributed by atoms with Crippen LogP contribution < -0.4 is 10.6 Å². The van der Waals surface area contributed by atoms with Crippen molar-refractivity contribution in [2.24, 2.45) is 5.92 Å². The Kier molecular flexibility index (Phi) is 6.18. The number of amides is 2. The van der Waals surface area contributed by atoms with Crippen LogP contribution in [0.4, 0.5) is 18.0 Å². The highest BCUT2D eigenvalue weighted by Gasteiger charge is 2.33. The van der Waals surface area contributed by atoms with E-state index in [1.165, 1.54) is 0 Å². The maximum Gasteiger partial charge on any atom is 0.434 e. The number of nitrogens with one attached hydrogen (secondary N) is 2. The van der Waals surface area contributed by atoms with E-state index in [0.29, 0.717) is 5.01 Å². The fourth-order valence-electron chi connectivity index (χ4n) is 1.36. The van der Waals surface area contributed by atoms with Crippen molar-refractivity contribution in [2.45, 2.75) is 39.0 Å². The lowest BCUT2D eigenvalue weighted by atomic mass is 9.93. The number of aliphatic hydroxyl groups is 1. The second kappa shape index (κ2) is 7.28. The second-order valence-corrected chi connectivity index (χ2v) is 6.44. The molecular weight excluding hydrogens is 319 g/mol. The largest absolute Gasteiger partial charge is 0.434 e. The number of carbonyl (C=O) groups excluding carboxylic acids is 1. The molecule has 9 heteroatoms. The molecule has 0 aliphatic heterocycles. The van der Waals surface area contributed by atoms with Gasteiger partial charge in [0.2, 0.25) is 0 Å². The number of hydrogen-bond donors (Lipinski definition) is 3. The number of thiazole rings is 1. The number of carbonyl (C=O) groups is 1. The fourth-order valence-corrected chi connectivity index (χ4v) is 2.17. The third-order valence-electron chi connectivity index (χ3n) is 3.32. The number of hydrogen-bond acceptors (Lipinski definition) is 4. The Labute approximate surface area is 130 Å². The Bertz CT molecular complexity index is 501. The van der Waals surface area contributed by atoms with Crippen LogP contribution in [-0.4, -0.2) is 34.8 Å². The minimum Gasteiger partial charge on any atom is -0.388 e. The van der Waals surface area contributed by atoms with Crippen molar-refractivity contribution >= 4 is 17.4 Å². The standard InChI is InChI=1S/C13H20F3N3O2S/c1-8(2)12(3,21)7-18-11(20)17-5-4-10-19-9(6-22-10)13(14,15)16/h6,8,21H,4-5,7H2,1-3H3,(H2,17,18,20). The third kappa shape index (κ3) is 5.80. The van der Waals surface area contributed by atoms with Gasteiger partial charge in [-0.25, -0.2) is 9.78 Å². The quantitative estimate of drug-likeness (QED) is 0.745. The zero-order valence-corrected chi connectivity index (χ0v) is 13.4. The van der Waals surface area contributed by atoms with Gasteiger partial charge >= 0.3 is 12.2 Å². The molecule has 1 aromatic rings. The number of nitrogens with zero attached hydrogens (tertiary/aromatic N) is 1. The average Bonchev–Trinajstić information content (AvgIpc) is 2.85. The maximum atomic E-state index is 12.4. The van der Waals surface area contributed by atoms with E-state index in [9.17, 15) is 23.1 Å². The van der Waals surface area contributed by atoms with Crippen molar-refractivity contribution in [3.8, 4) is 0 Å². The Hall–Kier alpha value is -1.35. The number of halogens is 3. The van der Waals surface area contributed by atoms with E-state index in [1.807, 2.05) is 13.8 Å². The van der Waals surface area contributed by atoms with Gasteiger partial charge in [-0.3, -0.25) is 0 Å². The number of alkyl halides is 3. The molecule has 0 saturated carbocycles. The first-order chi connectivity index (χ1) is 10.0. The number of urea groups is 1. The number of aromatic nitrogens is 1. The lowest BCUT2D eigenvalue weighted by Crippen LogP contribution is -2.47. The van der Waals surface area contributed by atoms with E-state index in [-0.39, 0.29) is 25.4 Å². The highest BCUT2D eigenvalue weighted by molar-refractivity contribution is 7.09. The van der Waals surface area contributed by atoms with Crippen LogP contribution in [0.15, 0.2) is 5.38 Å². The third-order valence-corrected chi connectivity index (χ3v) is 4.23. The molecule has 1 atom stereocenters. The summed E-state index contributed by atoms with van der Waals surface area (Å²) in [5.74, 6) is -0.0242. The molecule has 2 amide bonds. The summed E-state index contributed by atoms with van der Waals surface area (Å²) in [4.78, 5) is 15.0. The molecule has 1 rings (SSSR count). The summed E-state index contributed by atoms with van der Waals surface area (Å²) in [6.45, 7) is 5.54. The molecule has 22 heavy (non-hydrogen) atoms. The smallest absolute Gasteiger partial charge is 0.388 e. The predicted molar refractivity (Wildman–Crippen MR) is 77.7 cm³/mol. The van der Waals surface area contributed by atoms with Crippen LogP contribution in [0.1, 0.15) is 31.5 Å². The van der Waals surface area contributed by atoms with E-state index in [4.69, 9.17) is 0 Å². The van der Waals surface area contributed by atoms with Crippen molar-refractivity contribution in [1.82, 2.24) is 15.6 Å². The molecule has 1 heterocycles. The molecule has 0 saturated heterocycles. The van der Waals surface area contributed by atoms with Gasteiger partial charge < -0.3 is 15.7 Å². The van der Waals surface area contributed by atoms with Gasteiger partial charge in [0.15, 0.2) is 5.69 Å². The van der Waals surface area contributed by atoms with Gasteiger partial charge in [-0.15, -0.1) is 11.3 Å². The minimum atomic E-state index is -4.44. The molecule has 0 radical (unpaired) electrons. The molecule has 0 aliphatic carbocycles. The van der Waals surface area contributed by atoms with E-state index < -0.39 is 23.5 Å². The fraction of sp³-hybridized carbons (Fsp3) is 0.692. The van der Waals surface area contributed by atoms with Crippen molar-refractivity contribution in [3.05, 3.63) is 16.1 Å². The first-order valence-corrected chi connectivity index (χ1v) is 7.66. The monoisotopic (exact) mass is 339 g/mol. The number of rotatable bonds is 6. The average molecular weight is 339 g/mol. The molecule has 3 N–H and O–H groups in total. The van der Waals surface area contributed by atoms with Crippen LogP contribution in [-0.2, 0) is 12.6 Å². The predicted octanol–water partition coefficient (Wildman–Crippen LogP) is 2.41. The molecule has 126 valence electrons. The van der Waals surface area contributed by atoms with Crippen molar-refractivity contribution in [3.63, 3.8) is 0 Å². The second-order valence-electron chi connectivity index (χ2n) is 5.50. The van der Waals surface area contributed by atoms with Crippen LogP contribution in [0.3, 0.4) is 0 Å². The van der Waals surface area contributed by atoms with Gasteiger partial charge in [0, 0.05) is 24.9 Å². The lowest BCUT2D eigenvalue weighted by molar-refractivity contribution is -0.140. The van der Waals surface area contributed by atoms with Crippen molar-refractivity contribution in [1.29, 1.82) is 0 Å². The zero-order valence-electron chi connectivity index (χ0n) is 12.6. The van der Waals surface area contributed by atoms with Gasteiger partial charge in [-0.05, 0) is 12.8 Å². The van der Waals surface area contributed by atoms with E-state index in [0.717, 1.165) is 16.7 Å². The summed E-state index contributed by atoms with van der Waals surface area (Å²) in [6, 6.07) is -0.478. The van der Waals surface area contributed by atoms with Gasteiger partial charge in [-0.2, -0.15) is 13.2 Å². The zero-order chi connectivity index (χ0) is 17.0. The lowest BCUT2D eigenvalue weighted by Gasteiger charge is -2.27. The molecule has 1 unspecified atom stereocenters. The van der Waals surface area contributed by atoms with Gasteiger partial charge in [-0.1, -0.05) is 13.8 Å². The molecule has 0 aromatic carbocycles. The van der Waals surface area contributed by atoms with Crippen LogP contribution in [0.5, 0.6) is 0 Å². The normalized spacial score (nSPS) is 14.7. The first-order valence-electron chi connectivity index (χ1n) is 6.78. The molecule has 0 spiro atoms. The van der Waals surface area contributed by atoms with Crippen LogP contribution in [0.2, 0.25) is 0 Å².